The SMILES string of the molecule is Cc1nc(C(=O)N(C)C2CCCCCC2)n[nH]1. The first kappa shape index (κ1) is 12.1. The summed E-state index contributed by atoms with van der Waals surface area (Å²) in [5.41, 5.74) is 0. The smallest absolute Gasteiger partial charge is 0.293 e. The number of aryl methyl sites for hydroxylation is 1. The molecule has 0 aromatic carbocycles. The molecular formula is C12H20N4O. The van der Waals surface area contributed by atoms with Crippen molar-refractivity contribution >= 4 is 5.91 Å². The maximum absolute atomic E-state index is 12.2. The summed E-state index contributed by atoms with van der Waals surface area (Å²) in [6.07, 6.45) is 7.22. The molecule has 1 fully saturated rings. The highest BCUT2D eigenvalue weighted by Crippen LogP contribution is 2.21. The molecule has 5 heteroatoms. The highest BCUT2D eigenvalue weighted by atomic mass is 16.2. The van der Waals surface area contributed by atoms with Gasteiger partial charge in [-0.2, -0.15) is 0 Å². The Morgan fingerprint density at radius 2 is 1.94 bits per heavy atom. The van der Waals surface area contributed by atoms with E-state index < -0.39 is 0 Å². The van der Waals surface area contributed by atoms with Crippen molar-refractivity contribution < 1.29 is 4.79 Å². The Morgan fingerprint density at radius 3 is 2.47 bits per heavy atom. The van der Waals surface area contributed by atoms with Crippen LogP contribution in [0.3, 0.4) is 0 Å². The maximum atomic E-state index is 12.2. The first-order valence-corrected chi connectivity index (χ1v) is 6.34. The fraction of sp³-hybridized carbons (Fsp3) is 0.750. The van der Waals surface area contributed by atoms with Crippen LogP contribution in [0, 0.1) is 6.92 Å². The number of rotatable bonds is 2. The Labute approximate surface area is 102 Å². The second kappa shape index (κ2) is 5.29. The standard InChI is InChI=1S/C12H20N4O/c1-9-13-11(15-14-9)12(17)16(2)10-7-5-3-4-6-8-10/h10H,3-8H2,1-2H3,(H,13,14,15). The summed E-state index contributed by atoms with van der Waals surface area (Å²) in [4.78, 5) is 18.1. The quantitative estimate of drug-likeness (QED) is 0.798. The van der Waals surface area contributed by atoms with Crippen LogP contribution in [-0.4, -0.2) is 39.1 Å². The van der Waals surface area contributed by atoms with Crippen molar-refractivity contribution in [1.82, 2.24) is 20.1 Å². The van der Waals surface area contributed by atoms with Crippen molar-refractivity contribution in [2.24, 2.45) is 0 Å². The third-order valence-corrected chi connectivity index (χ3v) is 3.48. The summed E-state index contributed by atoms with van der Waals surface area (Å²) in [5, 5.41) is 6.64. The molecule has 1 heterocycles. The molecule has 0 aliphatic heterocycles. The average Bonchev–Trinajstić information content (AvgIpc) is 2.60. The summed E-state index contributed by atoms with van der Waals surface area (Å²) in [5.74, 6) is 0.901. The minimum atomic E-state index is -0.0683. The molecule has 2 rings (SSSR count). The van der Waals surface area contributed by atoms with Gasteiger partial charge < -0.3 is 4.90 Å². The molecule has 1 saturated carbocycles. The molecule has 1 aliphatic rings. The lowest BCUT2D eigenvalue weighted by Crippen LogP contribution is -2.37. The highest BCUT2D eigenvalue weighted by molar-refractivity contribution is 5.90. The van der Waals surface area contributed by atoms with E-state index in [1.807, 2.05) is 11.9 Å². The Hall–Kier alpha value is -1.39. The number of hydrogen-bond donors (Lipinski definition) is 1. The Bertz CT molecular complexity index is 380. The van der Waals surface area contributed by atoms with Gasteiger partial charge in [0.2, 0.25) is 5.82 Å². The predicted octanol–water partition coefficient (Wildman–Crippen LogP) is 1.91. The van der Waals surface area contributed by atoms with Crippen LogP contribution in [0.25, 0.3) is 0 Å². The van der Waals surface area contributed by atoms with Crippen molar-refractivity contribution in [1.29, 1.82) is 0 Å². The topological polar surface area (TPSA) is 61.9 Å². The van der Waals surface area contributed by atoms with Crippen LogP contribution >= 0.6 is 0 Å². The summed E-state index contributed by atoms with van der Waals surface area (Å²) < 4.78 is 0. The van der Waals surface area contributed by atoms with Crippen molar-refractivity contribution in [2.45, 2.75) is 51.5 Å². The zero-order valence-corrected chi connectivity index (χ0v) is 10.6. The third-order valence-electron chi connectivity index (χ3n) is 3.48. The number of aromatic nitrogens is 3. The van der Waals surface area contributed by atoms with Gasteiger partial charge in [0.25, 0.3) is 5.91 Å². The van der Waals surface area contributed by atoms with E-state index in [9.17, 15) is 4.79 Å². The lowest BCUT2D eigenvalue weighted by Gasteiger charge is -2.26. The Morgan fingerprint density at radius 1 is 1.29 bits per heavy atom. The van der Waals surface area contributed by atoms with Crippen LogP contribution in [0.15, 0.2) is 0 Å². The Kier molecular flexibility index (Phi) is 3.76. The molecule has 1 aromatic heterocycles. The largest absolute Gasteiger partial charge is 0.336 e. The van der Waals surface area contributed by atoms with E-state index in [1.54, 1.807) is 6.92 Å². The zero-order valence-electron chi connectivity index (χ0n) is 10.6. The molecule has 0 saturated heterocycles. The molecule has 1 amide bonds. The molecule has 1 aromatic rings. The predicted molar refractivity (Wildman–Crippen MR) is 64.7 cm³/mol. The molecule has 0 spiro atoms. The molecule has 0 bridgehead atoms. The minimum Gasteiger partial charge on any atom is -0.336 e. The molecular weight excluding hydrogens is 216 g/mol. The van der Waals surface area contributed by atoms with Gasteiger partial charge >= 0.3 is 0 Å². The fourth-order valence-electron chi connectivity index (χ4n) is 2.41. The van der Waals surface area contributed by atoms with E-state index in [2.05, 4.69) is 15.2 Å². The molecule has 0 atom stereocenters. The molecule has 1 aliphatic carbocycles. The number of H-pyrrole nitrogens is 1. The van der Waals surface area contributed by atoms with Gasteiger partial charge in [-0.15, -0.1) is 5.10 Å². The lowest BCUT2D eigenvalue weighted by atomic mass is 10.1. The molecule has 0 unspecified atom stereocenters. The number of nitrogens with zero attached hydrogens (tertiary/aromatic N) is 3. The molecule has 1 N–H and O–H groups in total. The number of carbonyl (C=O) groups is 1. The molecule has 94 valence electrons. The van der Waals surface area contributed by atoms with Crippen LogP contribution in [0.1, 0.15) is 55.0 Å². The van der Waals surface area contributed by atoms with Gasteiger partial charge in [0, 0.05) is 13.1 Å². The lowest BCUT2D eigenvalue weighted by molar-refractivity contribution is 0.0705. The zero-order chi connectivity index (χ0) is 12.3. The van der Waals surface area contributed by atoms with Crippen LogP contribution in [-0.2, 0) is 0 Å². The number of aromatic amines is 1. The van der Waals surface area contributed by atoms with Gasteiger partial charge in [0.15, 0.2) is 0 Å². The van der Waals surface area contributed by atoms with E-state index in [1.165, 1.54) is 25.7 Å². The first-order valence-electron chi connectivity index (χ1n) is 6.34. The second-order valence-corrected chi connectivity index (χ2v) is 4.81. The normalized spacial score (nSPS) is 17.8. The van der Waals surface area contributed by atoms with E-state index in [4.69, 9.17) is 0 Å². The monoisotopic (exact) mass is 236 g/mol. The van der Waals surface area contributed by atoms with Gasteiger partial charge in [-0.3, -0.25) is 9.89 Å². The number of nitrogens with one attached hydrogen (secondary N) is 1. The van der Waals surface area contributed by atoms with E-state index >= 15 is 0 Å². The summed E-state index contributed by atoms with van der Waals surface area (Å²) in [6.45, 7) is 1.80. The van der Waals surface area contributed by atoms with Crippen molar-refractivity contribution in [3.05, 3.63) is 11.6 Å². The van der Waals surface area contributed by atoms with E-state index in [0.717, 1.165) is 12.8 Å². The van der Waals surface area contributed by atoms with Crippen LogP contribution in [0.4, 0.5) is 0 Å². The number of amides is 1. The average molecular weight is 236 g/mol. The van der Waals surface area contributed by atoms with Gasteiger partial charge in [0.1, 0.15) is 5.82 Å². The van der Waals surface area contributed by atoms with Crippen molar-refractivity contribution in [2.75, 3.05) is 7.05 Å². The first-order chi connectivity index (χ1) is 8.18. The van der Waals surface area contributed by atoms with Gasteiger partial charge in [-0.1, -0.05) is 25.7 Å². The van der Waals surface area contributed by atoms with Gasteiger partial charge in [-0.25, -0.2) is 4.98 Å². The second-order valence-electron chi connectivity index (χ2n) is 4.81. The van der Waals surface area contributed by atoms with Crippen molar-refractivity contribution in [3.8, 4) is 0 Å². The van der Waals surface area contributed by atoms with Gasteiger partial charge in [0.05, 0.1) is 0 Å². The highest BCUT2D eigenvalue weighted by Gasteiger charge is 2.24. The fourth-order valence-corrected chi connectivity index (χ4v) is 2.41. The minimum absolute atomic E-state index is 0.0683. The van der Waals surface area contributed by atoms with E-state index in [-0.39, 0.29) is 11.7 Å². The van der Waals surface area contributed by atoms with Crippen LogP contribution < -0.4 is 0 Å². The van der Waals surface area contributed by atoms with Crippen LogP contribution in [0.5, 0.6) is 0 Å². The Balaban J connectivity index is 2.03. The van der Waals surface area contributed by atoms with Crippen LogP contribution in [0.2, 0.25) is 0 Å². The maximum Gasteiger partial charge on any atom is 0.293 e. The van der Waals surface area contributed by atoms with E-state index in [0.29, 0.717) is 11.9 Å². The molecule has 0 radical (unpaired) electrons. The summed E-state index contributed by atoms with van der Waals surface area (Å²) >= 11 is 0. The summed E-state index contributed by atoms with van der Waals surface area (Å²) in [7, 11) is 1.87. The number of carbonyl (C=O) groups excluding carboxylic acids is 1. The molecule has 17 heavy (non-hydrogen) atoms. The molecule has 5 nitrogen and oxygen atoms in total. The summed E-state index contributed by atoms with van der Waals surface area (Å²) in [6, 6.07) is 0.351. The van der Waals surface area contributed by atoms with Crippen molar-refractivity contribution in [3.63, 3.8) is 0 Å². The third kappa shape index (κ3) is 2.84. The van der Waals surface area contributed by atoms with Gasteiger partial charge in [-0.05, 0) is 19.8 Å². The number of hydrogen-bond acceptors (Lipinski definition) is 3.